The highest BCUT2D eigenvalue weighted by atomic mass is 35.5. The molecule has 1 atom stereocenters. The Morgan fingerprint density at radius 3 is 2.75 bits per heavy atom. The zero-order valence-electron chi connectivity index (χ0n) is 6.82. The average molecular weight is 211 g/mol. The van der Waals surface area contributed by atoms with Crippen LogP contribution in [0.15, 0.2) is 18.7 Å². The van der Waals surface area contributed by atoms with Gasteiger partial charge in [0.25, 0.3) is 0 Å². The van der Waals surface area contributed by atoms with Crippen molar-refractivity contribution < 1.29 is 22.1 Å². The number of rotatable bonds is 3. The highest BCUT2D eigenvalue weighted by Gasteiger charge is 2.06. The fraction of sp³-hybridized carbons (Fsp3) is 0.571. The molecule has 0 amide bonds. The first-order valence-electron chi connectivity index (χ1n) is 3.47. The van der Waals surface area contributed by atoms with Crippen LogP contribution in [0.2, 0.25) is 0 Å². The highest BCUT2D eigenvalue weighted by molar-refractivity contribution is 6.18. The number of alkyl halides is 1. The van der Waals surface area contributed by atoms with E-state index in [-0.39, 0.29) is 18.3 Å². The molecule has 70 valence electrons. The second kappa shape index (κ2) is 5.41. The standard InChI is InChI=1S/C7H12ClN2O.ClH/c1-9-2-3-10(6-9)5-7(11)4-8;/h2-3,6-7,11H,4-5H2,1H3;1H/q+1;/p-1. The van der Waals surface area contributed by atoms with Gasteiger partial charge in [-0.15, -0.1) is 11.6 Å². The summed E-state index contributed by atoms with van der Waals surface area (Å²) in [5.74, 6) is 0.280. The van der Waals surface area contributed by atoms with Crippen molar-refractivity contribution in [3.8, 4) is 0 Å². The van der Waals surface area contributed by atoms with Gasteiger partial charge in [0.15, 0.2) is 0 Å². The van der Waals surface area contributed by atoms with Gasteiger partial charge in [-0.25, -0.2) is 9.13 Å². The molecule has 0 saturated heterocycles. The van der Waals surface area contributed by atoms with Crippen molar-refractivity contribution in [1.82, 2.24) is 4.57 Å². The topological polar surface area (TPSA) is 29.0 Å². The van der Waals surface area contributed by atoms with Crippen LogP contribution in [0.3, 0.4) is 0 Å². The van der Waals surface area contributed by atoms with E-state index in [1.807, 2.05) is 34.9 Å². The molecule has 0 bridgehead atoms. The molecule has 0 aliphatic carbocycles. The van der Waals surface area contributed by atoms with E-state index in [0.717, 1.165) is 0 Å². The SMILES string of the molecule is C[n+]1ccn(CC(O)CCl)c1.[Cl-]. The maximum Gasteiger partial charge on any atom is 0.243 e. The molecule has 1 heterocycles. The van der Waals surface area contributed by atoms with Crippen molar-refractivity contribution in [3.63, 3.8) is 0 Å². The van der Waals surface area contributed by atoms with Crippen molar-refractivity contribution in [2.45, 2.75) is 12.6 Å². The molecule has 5 heteroatoms. The predicted octanol–water partition coefficient (Wildman–Crippen LogP) is -3.08. The van der Waals surface area contributed by atoms with E-state index in [9.17, 15) is 0 Å². The van der Waals surface area contributed by atoms with E-state index in [0.29, 0.717) is 6.54 Å². The fourth-order valence-electron chi connectivity index (χ4n) is 0.902. The molecule has 0 aliphatic heterocycles. The summed E-state index contributed by atoms with van der Waals surface area (Å²) in [6.45, 7) is 0.560. The molecule has 1 rings (SSSR count). The summed E-state index contributed by atoms with van der Waals surface area (Å²) in [7, 11) is 1.93. The molecule has 1 aromatic rings. The second-order valence-corrected chi connectivity index (χ2v) is 2.89. The number of aliphatic hydroxyl groups is 1. The number of aliphatic hydroxyl groups excluding tert-OH is 1. The Labute approximate surface area is 83.0 Å². The number of aryl methyl sites for hydroxylation is 1. The maximum atomic E-state index is 9.16. The third-order valence-electron chi connectivity index (χ3n) is 1.42. The minimum Gasteiger partial charge on any atom is -1.00 e. The summed E-state index contributed by atoms with van der Waals surface area (Å²) < 4.78 is 3.81. The lowest BCUT2D eigenvalue weighted by Crippen LogP contribution is -3.00. The molecule has 3 nitrogen and oxygen atoms in total. The van der Waals surface area contributed by atoms with Crippen LogP contribution in [0, 0.1) is 0 Å². The molecule has 0 spiro atoms. The normalized spacial score (nSPS) is 12.2. The van der Waals surface area contributed by atoms with Crippen LogP contribution in [-0.4, -0.2) is 21.7 Å². The van der Waals surface area contributed by atoms with Gasteiger partial charge in [-0.2, -0.15) is 0 Å². The summed E-state index contributed by atoms with van der Waals surface area (Å²) in [6.07, 6.45) is 5.26. The minimum atomic E-state index is -0.455. The van der Waals surface area contributed by atoms with Crippen molar-refractivity contribution in [2.24, 2.45) is 7.05 Å². The summed E-state index contributed by atoms with van der Waals surface area (Å²) in [5.41, 5.74) is 0. The number of halogens is 2. The van der Waals surface area contributed by atoms with Crippen molar-refractivity contribution in [1.29, 1.82) is 0 Å². The lowest BCUT2D eigenvalue weighted by molar-refractivity contribution is -0.671. The Morgan fingerprint density at radius 2 is 2.33 bits per heavy atom. The summed E-state index contributed by atoms with van der Waals surface area (Å²) in [4.78, 5) is 0. The first kappa shape index (κ1) is 11.8. The van der Waals surface area contributed by atoms with Gasteiger partial charge in [-0.1, -0.05) is 0 Å². The molecular formula is C7H12Cl2N2O. The van der Waals surface area contributed by atoms with Gasteiger partial charge in [-0.05, 0) is 0 Å². The molecule has 0 saturated carbocycles. The van der Waals surface area contributed by atoms with Gasteiger partial charge in [0.1, 0.15) is 25.0 Å². The van der Waals surface area contributed by atoms with Crippen LogP contribution in [0.25, 0.3) is 0 Å². The second-order valence-electron chi connectivity index (χ2n) is 2.58. The lowest BCUT2D eigenvalue weighted by Gasteiger charge is -2.01. The first-order chi connectivity index (χ1) is 5.22. The fourth-order valence-corrected chi connectivity index (χ4v) is 0.999. The van der Waals surface area contributed by atoms with Crippen molar-refractivity contribution in [2.75, 3.05) is 5.88 Å². The van der Waals surface area contributed by atoms with Gasteiger partial charge in [0.05, 0.1) is 12.9 Å². The van der Waals surface area contributed by atoms with Crippen LogP contribution >= 0.6 is 11.6 Å². The van der Waals surface area contributed by atoms with E-state index in [1.54, 1.807) is 0 Å². The number of nitrogens with zero attached hydrogens (tertiary/aromatic N) is 2. The largest absolute Gasteiger partial charge is 1.00 e. The number of imidazole rings is 1. The van der Waals surface area contributed by atoms with Gasteiger partial charge in [0.2, 0.25) is 6.33 Å². The summed E-state index contributed by atoms with van der Waals surface area (Å²) in [5, 5.41) is 9.16. The van der Waals surface area contributed by atoms with Gasteiger partial charge < -0.3 is 17.5 Å². The Balaban J connectivity index is 0.00000121. The molecule has 12 heavy (non-hydrogen) atoms. The van der Waals surface area contributed by atoms with E-state index in [1.165, 1.54) is 0 Å². The summed E-state index contributed by atoms with van der Waals surface area (Å²) >= 11 is 5.44. The maximum absolute atomic E-state index is 9.16. The smallest absolute Gasteiger partial charge is 0.243 e. The third-order valence-corrected chi connectivity index (χ3v) is 1.78. The van der Waals surface area contributed by atoms with Gasteiger partial charge in [0, 0.05) is 0 Å². The van der Waals surface area contributed by atoms with Crippen molar-refractivity contribution in [3.05, 3.63) is 18.7 Å². The Kier molecular flexibility index (Phi) is 5.29. The van der Waals surface area contributed by atoms with Crippen LogP contribution in [-0.2, 0) is 13.6 Å². The Hall–Kier alpha value is -0.250. The number of hydrogen-bond donors (Lipinski definition) is 1. The third kappa shape index (κ3) is 3.43. The molecule has 1 unspecified atom stereocenters. The van der Waals surface area contributed by atoms with Crippen LogP contribution in [0.1, 0.15) is 0 Å². The molecule has 0 aromatic carbocycles. The molecule has 0 aliphatic rings. The van der Waals surface area contributed by atoms with E-state index in [4.69, 9.17) is 16.7 Å². The van der Waals surface area contributed by atoms with E-state index >= 15 is 0 Å². The molecule has 1 aromatic heterocycles. The van der Waals surface area contributed by atoms with Crippen molar-refractivity contribution >= 4 is 11.6 Å². The number of aromatic nitrogens is 2. The highest BCUT2D eigenvalue weighted by Crippen LogP contribution is 1.92. The average Bonchev–Trinajstić information content (AvgIpc) is 2.35. The quantitative estimate of drug-likeness (QED) is 0.417. The first-order valence-corrected chi connectivity index (χ1v) is 4.01. The monoisotopic (exact) mass is 210 g/mol. The van der Waals surface area contributed by atoms with E-state index in [2.05, 4.69) is 0 Å². The zero-order valence-corrected chi connectivity index (χ0v) is 8.33. The Bertz CT molecular complexity index is 227. The van der Waals surface area contributed by atoms with Crippen LogP contribution in [0.5, 0.6) is 0 Å². The minimum absolute atomic E-state index is 0. The molecule has 0 radical (unpaired) electrons. The zero-order chi connectivity index (χ0) is 8.27. The molecule has 0 fully saturated rings. The van der Waals surface area contributed by atoms with Crippen LogP contribution < -0.4 is 17.0 Å². The van der Waals surface area contributed by atoms with Gasteiger partial charge >= 0.3 is 0 Å². The lowest BCUT2D eigenvalue weighted by atomic mass is 10.4. The number of hydrogen-bond acceptors (Lipinski definition) is 1. The molecule has 1 N–H and O–H groups in total. The predicted molar refractivity (Wildman–Crippen MR) is 42.3 cm³/mol. The Morgan fingerprint density at radius 1 is 1.67 bits per heavy atom. The van der Waals surface area contributed by atoms with Gasteiger partial charge in [-0.3, -0.25) is 0 Å². The van der Waals surface area contributed by atoms with Crippen LogP contribution in [0.4, 0.5) is 0 Å². The van der Waals surface area contributed by atoms with E-state index < -0.39 is 6.10 Å². The molecular weight excluding hydrogens is 199 g/mol. The summed E-state index contributed by atoms with van der Waals surface area (Å²) in [6, 6.07) is 0.